The average molecular weight is 418 g/mol. The highest BCUT2D eigenvalue weighted by Crippen LogP contribution is 2.68. The van der Waals surface area contributed by atoms with E-state index in [1.165, 1.54) is 38.5 Å². The van der Waals surface area contributed by atoms with Gasteiger partial charge in [0.1, 0.15) is 0 Å². The zero-order valence-corrected chi connectivity index (χ0v) is 19.8. The van der Waals surface area contributed by atoms with Crippen LogP contribution in [0.15, 0.2) is 0 Å². The van der Waals surface area contributed by atoms with Crippen molar-refractivity contribution in [1.82, 2.24) is 5.32 Å². The Morgan fingerprint density at radius 3 is 2.63 bits per heavy atom. The summed E-state index contributed by atoms with van der Waals surface area (Å²) in [7, 11) is 1.57. The number of carbonyl (C=O) groups is 1. The monoisotopic (exact) mass is 417 g/mol. The van der Waals surface area contributed by atoms with Crippen molar-refractivity contribution in [2.45, 2.75) is 97.3 Å². The molecule has 4 saturated carbocycles. The first kappa shape index (κ1) is 21.2. The van der Waals surface area contributed by atoms with E-state index < -0.39 is 0 Å². The molecule has 5 rings (SSSR count). The highest BCUT2D eigenvalue weighted by atomic mass is 16.6. The van der Waals surface area contributed by atoms with Crippen LogP contribution in [0.5, 0.6) is 0 Å². The van der Waals surface area contributed by atoms with Crippen molar-refractivity contribution in [3.63, 3.8) is 0 Å². The Hall–Kier alpha value is -0.610. The maximum atomic E-state index is 12.7. The van der Waals surface area contributed by atoms with Crippen molar-refractivity contribution in [2.75, 3.05) is 13.7 Å². The first-order valence-electron chi connectivity index (χ1n) is 12.7. The number of esters is 1. The molecule has 4 heteroatoms. The van der Waals surface area contributed by atoms with Crippen LogP contribution in [0.3, 0.4) is 0 Å². The third-order valence-electron chi connectivity index (χ3n) is 10.5. The van der Waals surface area contributed by atoms with Crippen LogP contribution in [0.2, 0.25) is 0 Å². The lowest BCUT2D eigenvalue weighted by Gasteiger charge is -2.62. The molecule has 1 saturated heterocycles. The molecule has 0 radical (unpaired) electrons. The second kappa shape index (κ2) is 7.47. The predicted octanol–water partition coefficient (Wildman–Crippen LogP) is 4.81. The normalized spacial score (nSPS) is 51.5. The Morgan fingerprint density at radius 2 is 1.90 bits per heavy atom. The summed E-state index contributed by atoms with van der Waals surface area (Å²) in [6.45, 7) is 10.8. The van der Waals surface area contributed by atoms with Crippen molar-refractivity contribution >= 4 is 5.97 Å². The summed E-state index contributed by atoms with van der Waals surface area (Å²) < 4.78 is 11.3. The quantitative estimate of drug-likeness (QED) is 0.515. The van der Waals surface area contributed by atoms with Crippen LogP contribution in [-0.2, 0) is 14.3 Å². The second-order valence-electron chi connectivity index (χ2n) is 12.3. The largest absolute Gasteiger partial charge is 0.469 e. The first-order valence-corrected chi connectivity index (χ1v) is 12.7. The Labute approximate surface area is 183 Å². The molecule has 0 aromatic rings. The van der Waals surface area contributed by atoms with Gasteiger partial charge in [0.05, 0.1) is 25.2 Å². The number of rotatable bonds is 5. The number of ether oxygens (including phenoxy) is 2. The molecule has 170 valence electrons. The molecule has 0 bridgehead atoms. The van der Waals surface area contributed by atoms with Crippen LogP contribution in [0, 0.1) is 46.3 Å². The van der Waals surface area contributed by atoms with E-state index in [0.717, 1.165) is 43.1 Å². The summed E-state index contributed by atoms with van der Waals surface area (Å²) in [6.07, 6.45) is 10.9. The van der Waals surface area contributed by atoms with Crippen molar-refractivity contribution in [1.29, 1.82) is 0 Å². The molecule has 0 spiro atoms. The fourth-order valence-electron chi connectivity index (χ4n) is 8.99. The smallest absolute Gasteiger partial charge is 0.309 e. The van der Waals surface area contributed by atoms with E-state index >= 15 is 0 Å². The lowest BCUT2D eigenvalue weighted by atomic mass is 9.43. The van der Waals surface area contributed by atoms with Gasteiger partial charge in [-0.05, 0) is 98.3 Å². The molecule has 0 unspecified atom stereocenters. The summed E-state index contributed by atoms with van der Waals surface area (Å²) in [5, 5.41) is 4.06. The number of fused-ring (bicyclic) bond motifs is 6. The molecule has 4 nitrogen and oxygen atoms in total. The minimum atomic E-state index is 0.0335. The van der Waals surface area contributed by atoms with Gasteiger partial charge in [-0.2, -0.15) is 0 Å². The summed E-state index contributed by atoms with van der Waals surface area (Å²) >= 11 is 0. The number of hydrogen-bond acceptors (Lipinski definition) is 4. The third kappa shape index (κ3) is 3.18. The van der Waals surface area contributed by atoms with Gasteiger partial charge in [-0.1, -0.05) is 27.7 Å². The summed E-state index contributed by atoms with van der Waals surface area (Å²) in [4.78, 5) is 12.7. The molecule has 0 amide bonds. The van der Waals surface area contributed by atoms with Gasteiger partial charge in [0, 0.05) is 6.04 Å². The van der Waals surface area contributed by atoms with Gasteiger partial charge in [0.15, 0.2) is 0 Å². The third-order valence-corrected chi connectivity index (χ3v) is 10.5. The van der Waals surface area contributed by atoms with Crippen LogP contribution < -0.4 is 5.32 Å². The van der Waals surface area contributed by atoms with Crippen molar-refractivity contribution in [3.8, 4) is 0 Å². The molecule has 30 heavy (non-hydrogen) atoms. The Morgan fingerprint density at radius 1 is 1.10 bits per heavy atom. The van der Waals surface area contributed by atoms with Gasteiger partial charge in [-0.3, -0.25) is 4.79 Å². The fraction of sp³-hybridized carbons (Fsp3) is 0.962. The molecule has 5 fully saturated rings. The molecule has 5 aliphatic rings. The van der Waals surface area contributed by atoms with E-state index in [4.69, 9.17) is 9.47 Å². The molecule has 10 atom stereocenters. The highest BCUT2D eigenvalue weighted by molar-refractivity contribution is 5.74. The van der Waals surface area contributed by atoms with E-state index in [2.05, 4.69) is 33.0 Å². The fourth-order valence-corrected chi connectivity index (χ4v) is 8.99. The second-order valence-corrected chi connectivity index (χ2v) is 12.3. The van der Waals surface area contributed by atoms with Crippen LogP contribution in [0.1, 0.15) is 79.1 Å². The van der Waals surface area contributed by atoms with Crippen molar-refractivity contribution in [2.24, 2.45) is 46.3 Å². The molecule has 0 aromatic heterocycles. The molecular formula is C26H43NO3. The number of nitrogens with one attached hydrogen (secondary N) is 1. The highest BCUT2D eigenvalue weighted by Gasteiger charge is 2.66. The van der Waals surface area contributed by atoms with Gasteiger partial charge in [0.2, 0.25) is 0 Å². The summed E-state index contributed by atoms with van der Waals surface area (Å²) in [6, 6.07) is 0.517. The van der Waals surface area contributed by atoms with E-state index in [0.29, 0.717) is 29.6 Å². The molecule has 1 heterocycles. The first-order chi connectivity index (χ1) is 14.3. The van der Waals surface area contributed by atoms with E-state index in [9.17, 15) is 4.79 Å². The van der Waals surface area contributed by atoms with E-state index in [1.54, 1.807) is 7.11 Å². The number of hydrogen-bond donors (Lipinski definition) is 1. The van der Waals surface area contributed by atoms with E-state index in [1.807, 2.05) is 0 Å². The Bertz CT molecular complexity index is 679. The Kier molecular flexibility index (Phi) is 5.29. The minimum Gasteiger partial charge on any atom is -0.469 e. The lowest BCUT2D eigenvalue weighted by Crippen LogP contribution is -2.62. The Balaban J connectivity index is 1.46. The zero-order chi connectivity index (χ0) is 21.3. The topological polar surface area (TPSA) is 50.9 Å². The summed E-state index contributed by atoms with van der Waals surface area (Å²) in [5.41, 5.74) is 0.473. The van der Waals surface area contributed by atoms with Gasteiger partial charge in [-0.25, -0.2) is 0 Å². The number of epoxide rings is 1. The zero-order valence-electron chi connectivity index (χ0n) is 19.8. The van der Waals surface area contributed by atoms with Crippen LogP contribution in [0.4, 0.5) is 0 Å². The van der Waals surface area contributed by atoms with Gasteiger partial charge < -0.3 is 14.8 Å². The van der Waals surface area contributed by atoms with Gasteiger partial charge in [0.25, 0.3) is 0 Å². The van der Waals surface area contributed by atoms with Crippen molar-refractivity contribution in [3.05, 3.63) is 0 Å². The lowest BCUT2D eigenvalue weighted by molar-refractivity contribution is -0.158. The molecule has 4 aliphatic carbocycles. The van der Waals surface area contributed by atoms with Crippen molar-refractivity contribution < 1.29 is 14.3 Å². The van der Waals surface area contributed by atoms with Crippen LogP contribution in [0.25, 0.3) is 0 Å². The standard InChI is InChI=1S/C26H43NO3/c1-15(2)10-11-27-20-13-26(4)18(8-9-19(26)24(28)29-5)17-7-6-16-12-21-22(30-21)14-25(16,3)23(17)20/h15-23,27H,6-14H2,1-5H3/t16-,17-,18-,19+,20+,21+,22-,23+,25-,26-/m0/s1. The van der Waals surface area contributed by atoms with Crippen LogP contribution in [-0.4, -0.2) is 37.9 Å². The van der Waals surface area contributed by atoms with Crippen LogP contribution >= 0.6 is 0 Å². The molecule has 1 aliphatic heterocycles. The maximum absolute atomic E-state index is 12.7. The average Bonchev–Trinajstić information content (AvgIpc) is 3.34. The molecule has 0 aromatic carbocycles. The number of carbonyl (C=O) groups excluding carboxylic acids is 1. The molecule has 1 N–H and O–H groups in total. The molecular weight excluding hydrogens is 374 g/mol. The van der Waals surface area contributed by atoms with E-state index in [-0.39, 0.29) is 17.3 Å². The maximum Gasteiger partial charge on any atom is 0.309 e. The van der Waals surface area contributed by atoms with Gasteiger partial charge >= 0.3 is 5.97 Å². The number of methoxy groups -OCH3 is 1. The predicted molar refractivity (Wildman–Crippen MR) is 118 cm³/mol. The SMILES string of the molecule is COC(=O)[C@H]1CC[C@H]2[C@@H]3CC[C@H]4C[C@H]5O[C@H]5C[C@]4(C)[C@H]3[C@H](NCCC(C)C)C[C@]12C. The van der Waals surface area contributed by atoms with Gasteiger partial charge in [-0.15, -0.1) is 0 Å². The summed E-state index contributed by atoms with van der Waals surface area (Å²) in [5.74, 6) is 3.79. The minimum absolute atomic E-state index is 0.0335.